The molecule has 1 saturated heterocycles. The fourth-order valence-corrected chi connectivity index (χ4v) is 3.08. The SMILES string of the molecule is CN1CCC(N(C)C(=O)C(C(N)=S)c2ccccc2)CC1. The highest BCUT2D eigenvalue weighted by Crippen LogP contribution is 2.22. The Kier molecular flexibility index (Phi) is 5.31. The number of likely N-dealkylation sites (N-methyl/N-ethyl adjacent to an activating group) is 1. The van der Waals surface area contributed by atoms with Crippen LogP contribution in [-0.2, 0) is 4.79 Å². The van der Waals surface area contributed by atoms with E-state index in [4.69, 9.17) is 18.0 Å². The van der Waals surface area contributed by atoms with Crippen LogP contribution in [0.3, 0.4) is 0 Å². The number of piperidine rings is 1. The number of amides is 1. The van der Waals surface area contributed by atoms with Crippen LogP contribution in [-0.4, -0.2) is 53.9 Å². The van der Waals surface area contributed by atoms with Crippen LogP contribution in [0.2, 0.25) is 0 Å². The zero-order valence-electron chi connectivity index (χ0n) is 12.7. The molecule has 1 aromatic rings. The number of likely N-dealkylation sites (tertiary alicyclic amines) is 1. The molecule has 0 saturated carbocycles. The minimum atomic E-state index is -0.522. The second kappa shape index (κ2) is 7.00. The van der Waals surface area contributed by atoms with Crippen molar-refractivity contribution in [3.05, 3.63) is 35.9 Å². The number of benzene rings is 1. The number of nitrogens with two attached hydrogens (primary N) is 1. The summed E-state index contributed by atoms with van der Waals surface area (Å²) in [6.45, 7) is 2.04. The maximum atomic E-state index is 12.8. The topological polar surface area (TPSA) is 49.6 Å². The molecule has 1 aliphatic rings. The van der Waals surface area contributed by atoms with Gasteiger partial charge in [-0.1, -0.05) is 42.5 Å². The quantitative estimate of drug-likeness (QED) is 0.859. The number of thiocarbonyl (C=S) groups is 1. The van der Waals surface area contributed by atoms with Gasteiger partial charge in [0, 0.05) is 13.1 Å². The number of hydrogen-bond donors (Lipinski definition) is 1. The number of nitrogens with zero attached hydrogens (tertiary/aromatic N) is 2. The van der Waals surface area contributed by atoms with Crippen LogP contribution < -0.4 is 5.73 Å². The summed E-state index contributed by atoms with van der Waals surface area (Å²) in [4.78, 5) is 17.2. The first-order chi connectivity index (χ1) is 10.0. The molecule has 0 bridgehead atoms. The summed E-state index contributed by atoms with van der Waals surface area (Å²) in [5.41, 5.74) is 6.70. The van der Waals surface area contributed by atoms with Crippen LogP contribution in [0.25, 0.3) is 0 Å². The van der Waals surface area contributed by atoms with E-state index in [9.17, 15) is 4.79 Å². The van der Waals surface area contributed by atoms with Gasteiger partial charge >= 0.3 is 0 Å². The molecular weight excluding hydrogens is 282 g/mol. The molecule has 114 valence electrons. The van der Waals surface area contributed by atoms with Crippen molar-refractivity contribution in [2.75, 3.05) is 27.2 Å². The standard InChI is InChI=1S/C16H23N3OS/c1-18-10-8-13(9-11-18)19(2)16(20)14(15(17)21)12-6-4-3-5-7-12/h3-7,13-14H,8-11H2,1-2H3,(H2,17,21). The Morgan fingerprint density at radius 1 is 1.33 bits per heavy atom. The molecule has 1 aliphatic heterocycles. The summed E-state index contributed by atoms with van der Waals surface area (Å²) in [5.74, 6) is -0.519. The Morgan fingerprint density at radius 2 is 1.90 bits per heavy atom. The van der Waals surface area contributed by atoms with Gasteiger partial charge in [-0.25, -0.2) is 0 Å². The summed E-state index contributed by atoms with van der Waals surface area (Å²) < 4.78 is 0. The van der Waals surface area contributed by atoms with Crippen LogP contribution in [0.4, 0.5) is 0 Å². The van der Waals surface area contributed by atoms with E-state index in [1.54, 1.807) is 0 Å². The molecule has 4 nitrogen and oxygen atoms in total. The Hall–Kier alpha value is -1.46. The Balaban J connectivity index is 2.13. The zero-order chi connectivity index (χ0) is 15.4. The maximum Gasteiger partial charge on any atom is 0.236 e. The lowest BCUT2D eigenvalue weighted by molar-refractivity contribution is -0.132. The minimum Gasteiger partial charge on any atom is -0.392 e. The van der Waals surface area contributed by atoms with Crippen molar-refractivity contribution in [3.8, 4) is 0 Å². The van der Waals surface area contributed by atoms with Gasteiger partial charge < -0.3 is 15.5 Å². The van der Waals surface area contributed by atoms with Crippen molar-refractivity contribution < 1.29 is 4.79 Å². The van der Waals surface area contributed by atoms with Crippen molar-refractivity contribution >= 4 is 23.1 Å². The largest absolute Gasteiger partial charge is 0.392 e. The summed E-state index contributed by atoms with van der Waals surface area (Å²) in [7, 11) is 3.98. The van der Waals surface area contributed by atoms with Crippen molar-refractivity contribution in [3.63, 3.8) is 0 Å². The summed E-state index contributed by atoms with van der Waals surface area (Å²) >= 11 is 5.14. The first-order valence-electron chi connectivity index (χ1n) is 7.30. The smallest absolute Gasteiger partial charge is 0.236 e. The fourth-order valence-electron chi connectivity index (χ4n) is 2.84. The molecule has 1 fully saturated rings. The fraction of sp³-hybridized carbons (Fsp3) is 0.500. The number of hydrogen-bond acceptors (Lipinski definition) is 3. The average molecular weight is 305 g/mol. The third-order valence-corrected chi connectivity index (χ3v) is 4.48. The summed E-state index contributed by atoms with van der Waals surface area (Å²) in [5, 5.41) is 0. The molecule has 0 aliphatic carbocycles. The van der Waals surface area contributed by atoms with E-state index in [2.05, 4.69) is 11.9 Å². The predicted molar refractivity (Wildman–Crippen MR) is 89.3 cm³/mol. The van der Waals surface area contributed by atoms with Crippen LogP contribution >= 0.6 is 12.2 Å². The highest BCUT2D eigenvalue weighted by atomic mass is 32.1. The molecule has 1 heterocycles. The third-order valence-electron chi connectivity index (χ3n) is 4.25. The molecule has 2 rings (SSSR count). The van der Waals surface area contributed by atoms with Gasteiger partial charge in [-0.3, -0.25) is 4.79 Å². The van der Waals surface area contributed by atoms with Crippen LogP contribution in [0.15, 0.2) is 30.3 Å². The monoisotopic (exact) mass is 305 g/mol. The summed E-state index contributed by atoms with van der Waals surface area (Å²) in [6.07, 6.45) is 2.00. The minimum absolute atomic E-state index is 0.00301. The zero-order valence-corrected chi connectivity index (χ0v) is 13.5. The van der Waals surface area contributed by atoms with E-state index in [1.165, 1.54) is 0 Å². The van der Waals surface area contributed by atoms with E-state index in [1.807, 2.05) is 42.3 Å². The van der Waals surface area contributed by atoms with E-state index in [0.717, 1.165) is 31.5 Å². The van der Waals surface area contributed by atoms with Gasteiger partial charge in [-0.2, -0.15) is 0 Å². The lowest BCUT2D eigenvalue weighted by Gasteiger charge is -2.36. The van der Waals surface area contributed by atoms with E-state index in [0.29, 0.717) is 0 Å². The van der Waals surface area contributed by atoms with Gasteiger partial charge in [0.15, 0.2) is 0 Å². The normalized spacial score (nSPS) is 18.2. The molecule has 2 N–H and O–H groups in total. The van der Waals surface area contributed by atoms with Crippen molar-refractivity contribution in [2.24, 2.45) is 5.73 Å². The predicted octanol–water partition coefficient (Wildman–Crippen LogP) is 1.61. The molecule has 1 amide bonds. The van der Waals surface area contributed by atoms with Crippen molar-refractivity contribution in [1.82, 2.24) is 9.80 Å². The van der Waals surface area contributed by atoms with Crippen LogP contribution in [0.5, 0.6) is 0 Å². The highest BCUT2D eigenvalue weighted by molar-refractivity contribution is 7.80. The van der Waals surface area contributed by atoms with Gasteiger partial charge in [0.25, 0.3) is 0 Å². The Morgan fingerprint density at radius 3 is 2.43 bits per heavy atom. The Bertz CT molecular complexity index is 498. The molecule has 0 aromatic heterocycles. The lowest BCUT2D eigenvalue weighted by atomic mass is 9.95. The number of rotatable bonds is 4. The Labute approximate surface area is 131 Å². The second-order valence-corrected chi connectivity index (χ2v) is 6.20. The molecule has 1 unspecified atom stereocenters. The molecule has 0 radical (unpaired) electrons. The van der Waals surface area contributed by atoms with Crippen LogP contribution in [0.1, 0.15) is 24.3 Å². The maximum absolute atomic E-state index is 12.8. The van der Waals surface area contributed by atoms with E-state index >= 15 is 0 Å². The lowest BCUT2D eigenvalue weighted by Crippen LogP contribution is -2.47. The van der Waals surface area contributed by atoms with Gasteiger partial charge in [0.1, 0.15) is 5.92 Å². The first-order valence-corrected chi connectivity index (χ1v) is 7.71. The third kappa shape index (κ3) is 3.80. The number of carbonyl (C=O) groups is 1. The van der Waals surface area contributed by atoms with Gasteiger partial charge in [0.2, 0.25) is 5.91 Å². The number of carbonyl (C=O) groups excluding carboxylic acids is 1. The van der Waals surface area contributed by atoms with Crippen molar-refractivity contribution in [2.45, 2.75) is 24.8 Å². The van der Waals surface area contributed by atoms with Gasteiger partial charge in [-0.05, 0) is 38.5 Å². The molecule has 1 atom stereocenters. The second-order valence-electron chi connectivity index (χ2n) is 5.73. The van der Waals surface area contributed by atoms with Gasteiger partial charge in [-0.15, -0.1) is 0 Å². The highest BCUT2D eigenvalue weighted by Gasteiger charge is 2.31. The summed E-state index contributed by atoms with van der Waals surface area (Å²) in [6, 6.07) is 9.82. The molecule has 21 heavy (non-hydrogen) atoms. The first kappa shape index (κ1) is 15.9. The molecule has 5 heteroatoms. The average Bonchev–Trinajstić information content (AvgIpc) is 2.48. The van der Waals surface area contributed by atoms with Gasteiger partial charge in [0.05, 0.1) is 4.99 Å². The van der Waals surface area contributed by atoms with Crippen LogP contribution in [0, 0.1) is 0 Å². The van der Waals surface area contributed by atoms with E-state index in [-0.39, 0.29) is 16.9 Å². The van der Waals surface area contributed by atoms with Crippen molar-refractivity contribution in [1.29, 1.82) is 0 Å². The molecular formula is C16H23N3OS. The molecule has 1 aromatic carbocycles. The molecule has 0 spiro atoms. The van der Waals surface area contributed by atoms with E-state index < -0.39 is 5.92 Å².